The minimum atomic E-state index is 0.0584. The highest BCUT2D eigenvalue weighted by Crippen LogP contribution is 2.44. The maximum atomic E-state index is 2.48. The zero-order chi connectivity index (χ0) is 27.6. The Morgan fingerprint density at radius 2 is 1.12 bits per heavy atom. The monoisotopic (exact) mass is 518 g/mol. The molecule has 7 rings (SSSR count). The van der Waals surface area contributed by atoms with Gasteiger partial charge in [-0.1, -0.05) is 101 Å². The molecule has 0 atom stereocenters. The SMILES string of the molecule is CC(C)c1ccc(N2c3ccc(C(C)(C)C)cc3B3c4ccccc4N(c4ccccc4)c4cccc2c43)cc1. The second-order valence-electron chi connectivity index (χ2n) is 12.5. The summed E-state index contributed by atoms with van der Waals surface area (Å²) in [6, 6.07) is 42.9. The molecular weight excluding hydrogens is 483 g/mol. The van der Waals surface area contributed by atoms with Crippen molar-refractivity contribution < 1.29 is 0 Å². The van der Waals surface area contributed by atoms with E-state index in [1.54, 1.807) is 0 Å². The van der Waals surface area contributed by atoms with E-state index in [9.17, 15) is 0 Å². The van der Waals surface area contributed by atoms with Crippen LogP contribution < -0.4 is 26.2 Å². The summed E-state index contributed by atoms with van der Waals surface area (Å²) in [6.07, 6.45) is 0. The molecular formula is C37H35BN2. The Bertz CT molecular complexity index is 1710. The highest BCUT2D eigenvalue weighted by Gasteiger charge is 2.43. The molecule has 0 N–H and O–H groups in total. The molecule has 0 spiro atoms. The lowest BCUT2D eigenvalue weighted by Crippen LogP contribution is -2.61. The van der Waals surface area contributed by atoms with Gasteiger partial charge in [0.1, 0.15) is 0 Å². The first-order valence-electron chi connectivity index (χ1n) is 14.4. The molecule has 2 aliphatic rings. The van der Waals surface area contributed by atoms with E-state index in [4.69, 9.17) is 0 Å². The molecule has 0 saturated carbocycles. The third-order valence-corrected chi connectivity index (χ3v) is 8.60. The molecule has 0 amide bonds. The topological polar surface area (TPSA) is 6.48 Å². The Morgan fingerprint density at radius 1 is 0.550 bits per heavy atom. The van der Waals surface area contributed by atoms with Gasteiger partial charge in [-0.05, 0) is 87.4 Å². The van der Waals surface area contributed by atoms with Crippen LogP contribution in [0.4, 0.5) is 34.1 Å². The van der Waals surface area contributed by atoms with Crippen LogP contribution in [-0.2, 0) is 5.41 Å². The van der Waals surface area contributed by atoms with Gasteiger partial charge in [0.05, 0.1) is 0 Å². The van der Waals surface area contributed by atoms with Crippen molar-refractivity contribution in [1.82, 2.24) is 0 Å². The molecule has 0 bridgehead atoms. The predicted octanol–water partition coefficient (Wildman–Crippen LogP) is 8.19. The van der Waals surface area contributed by atoms with Gasteiger partial charge in [-0.2, -0.15) is 0 Å². The lowest BCUT2D eigenvalue weighted by Gasteiger charge is -2.44. The average molecular weight is 519 g/mol. The van der Waals surface area contributed by atoms with E-state index in [0.29, 0.717) is 5.92 Å². The maximum Gasteiger partial charge on any atom is 0.252 e. The van der Waals surface area contributed by atoms with Crippen LogP contribution in [0.25, 0.3) is 0 Å². The first-order chi connectivity index (χ1) is 19.3. The van der Waals surface area contributed by atoms with E-state index in [2.05, 4.69) is 160 Å². The number of benzene rings is 5. The van der Waals surface area contributed by atoms with Gasteiger partial charge in [-0.15, -0.1) is 0 Å². The van der Waals surface area contributed by atoms with Gasteiger partial charge in [0, 0.05) is 34.1 Å². The standard InChI is InChI=1S/C37H35BN2/c1-25(2)26-18-21-29(22-19-26)40-33-23-20-27(37(3,4)5)24-31(33)38-30-14-9-10-15-32(30)39(28-12-7-6-8-13-28)34-16-11-17-35(40)36(34)38/h6-25H,1-5H3. The molecule has 5 aromatic carbocycles. The summed E-state index contributed by atoms with van der Waals surface area (Å²) < 4.78 is 0. The molecule has 2 nitrogen and oxygen atoms in total. The number of anilines is 6. The van der Waals surface area contributed by atoms with Crippen LogP contribution in [0.2, 0.25) is 0 Å². The van der Waals surface area contributed by atoms with E-state index in [-0.39, 0.29) is 12.1 Å². The molecule has 0 fully saturated rings. The van der Waals surface area contributed by atoms with Crippen molar-refractivity contribution in [2.24, 2.45) is 0 Å². The number of rotatable bonds is 3. The number of para-hydroxylation sites is 2. The number of hydrogen-bond donors (Lipinski definition) is 0. The average Bonchev–Trinajstić information content (AvgIpc) is 2.97. The fourth-order valence-electron chi connectivity index (χ4n) is 6.50. The van der Waals surface area contributed by atoms with Gasteiger partial charge in [0.25, 0.3) is 6.71 Å². The first kappa shape index (κ1) is 24.8. The summed E-state index contributed by atoms with van der Waals surface area (Å²) in [5, 5.41) is 0. The van der Waals surface area contributed by atoms with E-state index < -0.39 is 0 Å². The van der Waals surface area contributed by atoms with Gasteiger partial charge < -0.3 is 9.80 Å². The molecule has 196 valence electrons. The highest BCUT2D eigenvalue weighted by atomic mass is 15.2. The number of nitrogens with zero attached hydrogens (tertiary/aromatic N) is 2. The molecule has 0 saturated heterocycles. The second kappa shape index (κ2) is 9.16. The first-order valence-corrected chi connectivity index (χ1v) is 14.4. The summed E-state index contributed by atoms with van der Waals surface area (Å²) in [4.78, 5) is 4.93. The normalized spacial score (nSPS) is 13.7. The summed E-state index contributed by atoms with van der Waals surface area (Å²) in [5.74, 6) is 0.502. The fourth-order valence-corrected chi connectivity index (χ4v) is 6.50. The van der Waals surface area contributed by atoms with Crippen LogP contribution in [0, 0.1) is 0 Å². The molecule has 2 aliphatic heterocycles. The Balaban J connectivity index is 1.54. The van der Waals surface area contributed by atoms with Gasteiger partial charge in [0.15, 0.2) is 0 Å². The smallest absolute Gasteiger partial charge is 0.252 e. The van der Waals surface area contributed by atoms with Crippen molar-refractivity contribution >= 4 is 57.2 Å². The van der Waals surface area contributed by atoms with Gasteiger partial charge in [-0.3, -0.25) is 0 Å². The van der Waals surface area contributed by atoms with Crippen LogP contribution in [0.3, 0.4) is 0 Å². The molecule has 5 aromatic rings. The quantitative estimate of drug-likeness (QED) is 0.218. The van der Waals surface area contributed by atoms with Crippen molar-refractivity contribution in [2.45, 2.75) is 46.0 Å². The largest absolute Gasteiger partial charge is 0.311 e. The van der Waals surface area contributed by atoms with Crippen molar-refractivity contribution in [3.8, 4) is 0 Å². The van der Waals surface area contributed by atoms with Crippen LogP contribution in [0.15, 0.2) is 115 Å². The second-order valence-corrected chi connectivity index (χ2v) is 12.5. The lowest BCUT2D eigenvalue weighted by molar-refractivity contribution is 0.591. The van der Waals surface area contributed by atoms with Crippen LogP contribution in [-0.4, -0.2) is 6.71 Å². The van der Waals surface area contributed by atoms with Gasteiger partial charge in [-0.25, -0.2) is 0 Å². The molecule has 0 aliphatic carbocycles. The zero-order valence-electron chi connectivity index (χ0n) is 24.0. The third kappa shape index (κ3) is 3.79. The van der Waals surface area contributed by atoms with E-state index >= 15 is 0 Å². The van der Waals surface area contributed by atoms with Crippen LogP contribution >= 0.6 is 0 Å². The van der Waals surface area contributed by atoms with Crippen LogP contribution in [0.5, 0.6) is 0 Å². The Morgan fingerprint density at radius 3 is 1.77 bits per heavy atom. The lowest BCUT2D eigenvalue weighted by atomic mass is 9.33. The van der Waals surface area contributed by atoms with Crippen LogP contribution in [0.1, 0.15) is 51.7 Å². The maximum absolute atomic E-state index is 2.48. The Hall–Kier alpha value is -4.24. The summed E-state index contributed by atoms with van der Waals surface area (Å²) in [7, 11) is 0. The zero-order valence-corrected chi connectivity index (χ0v) is 24.0. The molecule has 40 heavy (non-hydrogen) atoms. The third-order valence-electron chi connectivity index (χ3n) is 8.60. The molecule has 3 heteroatoms. The van der Waals surface area contributed by atoms with Gasteiger partial charge in [0.2, 0.25) is 0 Å². The molecule has 0 radical (unpaired) electrons. The fraction of sp³-hybridized carbons (Fsp3) is 0.189. The molecule has 0 aromatic heterocycles. The minimum Gasteiger partial charge on any atom is -0.311 e. The van der Waals surface area contributed by atoms with Crippen molar-refractivity contribution in [3.05, 3.63) is 126 Å². The Labute approximate surface area is 239 Å². The molecule has 0 unspecified atom stereocenters. The molecule has 2 heterocycles. The van der Waals surface area contributed by atoms with Crippen molar-refractivity contribution in [3.63, 3.8) is 0 Å². The summed E-state index contributed by atoms with van der Waals surface area (Å²) in [5.41, 5.74) is 14.3. The Kier molecular flexibility index (Phi) is 5.68. The summed E-state index contributed by atoms with van der Waals surface area (Å²) in [6.45, 7) is 11.6. The minimum absolute atomic E-state index is 0.0584. The number of hydrogen-bond acceptors (Lipinski definition) is 2. The predicted molar refractivity (Wildman–Crippen MR) is 173 cm³/mol. The van der Waals surface area contributed by atoms with Crippen molar-refractivity contribution in [2.75, 3.05) is 9.80 Å². The highest BCUT2D eigenvalue weighted by molar-refractivity contribution is 7.00. The van der Waals surface area contributed by atoms with E-state index in [1.165, 1.54) is 61.6 Å². The van der Waals surface area contributed by atoms with E-state index in [0.717, 1.165) is 0 Å². The van der Waals surface area contributed by atoms with E-state index in [1.807, 2.05) is 0 Å². The van der Waals surface area contributed by atoms with Gasteiger partial charge >= 0.3 is 0 Å². The van der Waals surface area contributed by atoms with Crippen molar-refractivity contribution in [1.29, 1.82) is 0 Å². The number of fused-ring (bicyclic) bond motifs is 4. The summed E-state index contributed by atoms with van der Waals surface area (Å²) >= 11 is 0.